The quantitative estimate of drug-likeness (QED) is 0.603. The van der Waals surface area contributed by atoms with Gasteiger partial charge in [-0.2, -0.15) is 0 Å². The monoisotopic (exact) mass is 266 g/mol. The second-order valence-electron chi connectivity index (χ2n) is 5.20. The van der Waals surface area contributed by atoms with Gasteiger partial charge in [-0.05, 0) is 26.8 Å². The highest BCUT2D eigenvalue weighted by atomic mass is 32.2. The minimum atomic E-state index is -3.23. The van der Waals surface area contributed by atoms with Crippen LogP contribution < -0.4 is 10.0 Å². The molecule has 0 aliphatic carbocycles. The fourth-order valence-corrected chi connectivity index (χ4v) is 3.04. The van der Waals surface area contributed by atoms with E-state index >= 15 is 0 Å². The van der Waals surface area contributed by atoms with Crippen LogP contribution in [0, 0.1) is 0 Å². The third-order valence-electron chi connectivity index (χ3n) is 2.08. The molecule has 0 rings (SSSR count). The smallest absolute Gasteiger partial charge is 0.212 e. The molecule has 0 heterocycles. The van der Waals surface area contributed by atoms with Crippen molar-refractivity contribution in [3.05, 3.63) is 0 Å². The Balaban J connectivity index is 4.04. The van der Waals surface area contributed by atoms with Gasteiger partial charge in [-0.15, -0.1) is 0 Å². The molecule has 0 saturated carbocycles. The third kappa shape index (κ3) is 9.52. The molecule has 0 atom stereocenters. The van der Waals surface area contributed by atoms with Gasteiger partial charge in [-0.25, -0.2) is 13.1 Å². The molecule has 0 aromatic carbocycles. The molecule has 0 saturated heterocycles. The summed E-state index contributed by atoms with van der Waals surface area (Å²) in [6, 6.07) is 0.385. The largest absolute Gasteiger partial charge is 0.383 e. The van der Waals surface area contributed by atoms with Gasteiger partial charge >= 0.3 is 0 Å². The molecule has 2 N–H and O–H groups in total. The van der Waals surface area contributed by atoms with Gasteiger partial charge in [0.15, 0.2) is 0 Å². The molecule has 0 amide bonds. The Bertz CT molecular complexity index is 300. The number of sulfonamides is 1. The van der Waals surface area contributed by atoms with E-state index < -0.39 is 15.6 Å². The molecule has 17 heavy (non-hydrogen) atoms. The lowest BCUT2D eigenvalue weighted by molar-refractivity contribution is 0.141. The van der Waals surface area contributed by atoms with Crippen LogP contribution in [0.4, 0.5) is 0 Å². The minimum absolute atomic E-state index is 0.139. The summed E-state index contributed by atoms with van der Waals surface area (Å²) in [6.07, 6.45) is 0.608. The number of hydrogen-bond acceptors (Lipinski definition) is 4. The van der Waals surface area contributed by atoms with E-state index in [0.717, 1.165) is 0 Å². The number of ether oxygens (including phenoxy) is 1. The zero-order chi connectivity index (χ0) is 13.5. The highest BCUT2D eigenvalue weighted by molar-refractivity contribution is 7.89. The topological polar surface area (TPSA) is 67.4 Å². The van der Waals surface area contributed by atoms with Crippen LogP contribution in [-0.4, -0.2) is 46.0 Å². The fraction of sp³-hybridized carbons (Fsp3) is 1.00. The van der Waals surface area contributed by atoms with E-state index in [9.17, 15) is 8.42 Å². The maximum absolute atomic E-state index is 11.8. The number of rotatable bonds is 9. The minimum Gasteiger partial charge on any atom is -0.383 e. The predicted molar refractivity (Wildman–Crippen MR) is 70.6 cm³/mol. The zero-order valence-electron chi connectivity index (χ0n) is 11.5. The molecule has 0 bridgehead atoms. The number of hydrogen-bond donors (Lipinski definition) is 2. The van der Waals surface area contributed by atoms with Crippen LogP contribution in [0.2, 0.25) is 0 Å². The first-order valence-corrected chi connectivity index (χ1v) is 7.58. The van der Waals surface area contributed by atoms with Crippen molar-refractivity contribution >= 4 is 10.0 Å². The van der Waals surface area contributed by atoms with Crippen molar-refractivity contribution in [1.82, 2.24) is 10.0 Å². The molecule has 0 aromatic heterocycles. The highest BCUT2D eigenvalue weighted by Crippen LogP contribution is 2.05. The summed E-state index contributed by atoms with van der Waals surface area (Å²) in [6.45, 7) is 8.75. The van der Waals surface area contributed by atoms with Gasteiger partial charge in [0.2, 0.25) is 10.0 Å². The lowest BCUT2D eigenvalue weighted by atomic mass is 10.1. The van der Waals surface area contributed by atoms with Crippen LogP contribution in [0.1, 0.15) is 34.1 Å². The molecule has 0 aliphatic rings. The van der Waals surface area contributed by atoms with Crippen molar-refractivity contribution in [3.63, 3.8) is 0 Å². The van der Waals surface area contributed by atoms with Gasteiger partial charge in [0.25, 0.3) is 0 Å². The Kier molecular flexibility index (Phi) is 7.23. The lowest BCUT2D eigenvalue weighted by Gasteiger charge is -2.24. The highest BCUT2D eigenvalue weighted by Gasteiger charge is 2.24. The van der Waals surface area contributed by atoms with E-state index in [1.54, 1.807) is 21.0 Å². The molecule has 5 nitrogen and oxygen atoms in total. The summed E-state index contributed by atoms with van der Waals surface area (Å²) < 4.78 is 31.2. The van der Waals surface area contributed by atoms with Crippen LogP contribution >= 0.6 is 0 Å². The van der Waals surface area contributed by atoms with E-state index in [2.05, 4.69) is 10.0 Å². The van der Waals surface area contributed by atoms with Crippen LogP contribution in [0.25, 0.3) is 0 Å². The summed E-state index contributed by atoms with van der Waals surface area (Å²) in [4.78, 5) is 0. The van der Waals surface area contributed by atoms with E-state index in [1.165, 1.54) is 0 Å². The molecule has 0 unspecified atom stereocenters. The van der Waals surface area contributed by atoms with Gasteiger partial charge in [-0.1, -0.05) is 13.8 Å². The maximum atomic E-state index is 11.8. The van der Waals surface area contributed by atoms with Crippen molar-refractivity contribution in [3.8, 4) is 0 Å². The fourth-order valence-electron chi connectivity index (χ4n) is 1.52. The van der Waals surface area contributed by atoms with Gasteiger partial charge < -0.3 is 10.1 Å². The van der Waals surface area contributed by atoms with E-state index in [-0.39, 0.29) is 5.75 Å². The molecule has 6 heteroatoms. The summed E-state index contributed by atoms with van der Waals surface area (Å²) in [5.74, 6) is 0.139. The Morgan fingerprint density at radius 2 is 1.88 bits per heavy atom. The average Bonchev–Trinajstić information content (AvgIpc) is 2.10. The van der Waals surface area contributed by atoms with Gasteiger partial charge in [0.1, 0.15) is 0 Å². The molecule has 0 spiro atoms. The normalized spacial score (nSPS) is 13.3. The molecular formula is C11H26N2O3S. The van der Waals surface area contributed by atoms with Gasteiger partial charge in [-0.3, -0.25) is 0 Å². The van der Waals surface area contributed by atoms with Crippen molar-refractivity contribution in [2.45, 2.75) is 45.7 Å². The van der Waals surface area contributed by atoms with Crippen LogP contribution in [-0.2, 0) is 14.8 Å². The van der Waals surface area contributed by atoms with Crippen LogP contribution in [0.15, 0.2) is 0 Å². The lowest BCUT2D eigenvalue weighted by Crippen LogP contribution is -2.47. The molecule has 0 fully saturated rings. The Hall–Kier alpha value is -0.170. The van der Waals surface area contributed by atoms with Crippen molar-refractivity contribution in [2.75, 3.05) is 26.0 Å². The second-order valence-corrected chi connectivity index (χ2v) is 7.04. The predicted octanol–water partition coefficient (Wildman–Crippen LogP) is 0.719. The Morgan fingerprint density at radius 3 is 2.35 bits per heavy atom. The summed E-state index contributed by atoms with van der Waals surface area (Å²) in [7, 11) is -1.67. The van der Waals surface area contributed by atoms with Crippen molar-refractivity contribution in [2.24, 2.45) is 0 Å². The van der Waals surface area contributed by atoms with Crippen molar-refractivity contribution in [1.29, 1.82) is 0 Å². The summed E-state index contributed by atoms with van der Waals surface area (Å²) in [5, 5.41) is 3.19. The SMILES string of the molecule is COCC(C)(C)NS(=O)(=O)CCCNC(C)C. The zero-order valence-corrected chi connectivity index (χ0v) is 12.4. The number of nitrogens with one attached hydrogen (secondary N) is 2. The third-order valence-corrected chi connectivity index (χ3v) is 3.77. The molecule has 0 aliphatic heterocycles. The van der Waals surface area contributed by atoms with Crippen LogP contribution in [0.3, 0.4) is 0 Å². The molecular weight excluding hydrogens is 240 g/mol. The number of methoxy groups -OCH3 is 1. The molecule has 104 valence electrons. The van der Waals surface area contributed by atoms with Gasteiger partial charge in [0.05, 0.1) is 17.9 Å². The summed E-state index contributed by atoms with van der Waals surface area (Å²) in [5.41, 5.74) is -0.556. The second kappa shape index (κ2) is 7.31. The van der Waals surface area contributed by atoms with E-state index in [1.807, 2.05) is 13.8 Å². The summed E-state index contributed by atoms with van der Waals surface area (Å²) >= 11 is 0. The Labute approximate surface area is 105 Å². The standard InChI is InChI=1S/C11H26N2O3S/c1-10(2)12-7-6-8-17(14,15)13-11(3,4)9-16-5/h10,12-13H,6-9H2,1-5H3. The Morgan fingerprint density at radius 1 is 1.29 bits per heavy atom. The van der Waals surface area contributed by atoms with Crippen LogP contribution in [0.5, 0.6) is 0 Å². The maximum Gasteiger partial charge on any atom is 0.212 e. The van der Waals surface area contributed by atoms with E-state index in [0.29, 0.717) is 25.6 Å². The first-order valence-electron chi connectivity index (χ1n) is 5.92. The van der Waals surface area contributed by atoms with E-state index in [4.69, 9.17) is 4.74 Å². The first-order chi connectivity index (χ1) is 7.68. The molecule has 0 aromatic rings. The first kappa shape index (κ1) is 16.8. The van der Waals surface area contributed by atoms with Crippen molar-refractivity contribution < 1.29 is 13.2 Å². The molecule has 0 radical (unpaired) electrons. The van der Waals surface area contributed by atoms with Gasteiger partial charge in [0, 0.05) is 13.2 Å². The average molecular weight is 266 g/mol.